The van der Waals surface area contributed by atoms with Gasteiger partial charge in [0.05, 0.1) is 6.42 Å². The summed E-state index contributed by atoms with van der Waals surface area (Å²) in [6, 6.07) is 9.53. The molecule has 0 spiro atoms. The number of hydrazone groups is 1. The molecule has 1 amide bonds. The minimum absolute atomic E-state index is 0.0119. The summed E-state index contributed by atoms with van der Waals surface area (Å²) in [5, 5.41) is 14.9. The summed E-state index contributed by atoms with van der Waals surface area (Å²) in [5.41, 5.74) is -3.81. The largest absolute Gasteiger partial charge is 0.431 e. The molecule has 0 unspecified atom stereocenters. The van der Waals surface area contributed by atoms with E-state index in [1.165, 1.54) is 24.3 Å². The van der Waals surface area contributed by atoms with Crippen LogP contribution in [-0.2, 0) is 5.72 Å². The first-order valence-corrected chi connectivity index (χ1v) is 7.72. The molecule has 0 bridgehead atoms. The predicted octanol–water partition coefficient (Wildman–Crippen LogP) is 4.09. The fourth-order valence-corrected chi connectivity index (χ4v) is 2.70. The second-order valence-electron chi connectivity index (χ2n) is 5.67. The van der Waals surface area contributed by atoms with Gasteiger partial charge in [0.1, 0.15) is 11.5 Å². The molecular weight excluding hydrogens is 376 g/mol. The number of alkyl halides is 3. The van der Waals surface area contributed by atoms with Gasteiger partial charge in [-0.15, -0.1) is 0 Å². The molecule has 26 heavy (non-hydrogen) atoms. The lowest BCUT2D eigenvalue weighted by atomic mass is 9.96. The minimum atomic E-state index is -4.83. The van der Waals surface area contributed by atoms with Crippen LogP contribution in [0.5, 0.6) is 0 Å². The zero-order valence-electron chi connectivity index (χ0n) is 13.0. The third-order valence-corrected chi connectivity index (χ3v) is 4.15. The molecule has 9 heteroatoms. The van der Waals surface area contributed by atoms with Gasteiger partial charge in [0.25, 0.3) is 5.91 Å². The van der Waals surface area contributed by atoms with E-state index in [4.69, 9.17) is 11.6 Å². The number of hydrogen-bond acceptors (Lipinski definition) is 3. The zero-order chi connectivity index (χ0) is 19.1. The highest BCUT2D eigenvalue weighted by atomic mass is 35.5. The molecule has 136 valence electrons. The lowest BCUT2D eigenvalue weighted by molar-refractivity contribution is -0.0816. The number of hydrogen-bond donors (Lipinski definition) is 1. The van der Waals surface area contributed by atoms with Crippen LogP contribution < -0.4 is 0 Å². The number of aliphatic hydroxyl groups is 1. The molecule has 2 aromatic rings. The topological polar surface area (TPSA) is 52.9 Å². The fourth-order valence-electron chi connectivity index (χ4n) is 2.57. The summed E-state index contributed by atoms with van der Waals surface area (Å²) in [6.07, 6.45) is -5.80. The van der Waals surface area contributed by atoms with Gasteiger partial charge in [-0.25, -0.2) is 4.39 Å². The van der Waals surface area contributed by atoms with Gasteiger partial charge in [0.15, 0.2) is 5.72 Å². The van der Waals surface area contributed by atoms with E-state index in [1.54, 1.807) is 0 Å². The average Bonchev–Trinajstić information content (AvgIpc) is 2.94. The number of benzene rings is 2. The van der Waals surface area contributed by atoms with Crippen molar-refractivity contribution < 1.29 is 27.5 Å². The van der Waals surface area contributed by atoms with Crippen LogP contribution in [0.2, 0.25) is 5.02 Å². The van der Waals surface area contributed by atoms with Gasteiger partial charge in [-0.2, -0.15) is 23.3 Å². The standard InChI is InChI=1S/C17H11ClF4N2O2/c18-12-5-1-10(2-6-12)15(25)24-16(26,9-14(23-24)17(20,21)22)11-3-7-13(19)8-4-11/h1-8,26H,9H2/t16-/m0/s1. The molecule has 0 fully saturated rings. The highest BCUT2D eigenvalue weighted by Crippen LogP contribution is 2.40. The van der Waals surface area contributed by atoms with Crippen molar-refractivity contribution in [2.24, 2.45) is 5.10 Å². The Morgan fingerprint density at radius 2 is 1.69 bits per heavy atom. The Morgan fingerprint density at radius 1 is 1.12 bits per heavy atom. The maximum Gasteiger partial charge on any atom is 0.431 e. The number of amides is 1. The first-order valence-electron chi connectivity index (χ1n) is 7.34. The van der Waals surface area contributed by atoms with E-state index < -0.39 is 35.8 Å². The third-order valence-electron chi connectivity index (χ3n) is 3.90. The molecule has 2 aromatic carbocycles. The SMILES string of the molecule is O=C(c1ccc(Cl)cc1)N1N=C(C(F)(F)F)C[C@]1(O)c1ccc(F)cc1. The summed E-state index contributed by atoms with van der Waals surface area (Å²) >= 11 is 5.74. The van der Waals surface area contributed by atoms with Gasteiger partial charge < -0.3 is 5.11 Å². The molecule has 0 saturated carbocycles. The highest BCUT2D eigenvalue weighted by molar-refractivity contribution is 6.30. The van der Waals surface area contributed by atoms with Gasteiger partial charge in [-0.05, 0) is 36.4 Å². The van der Waals surface area contributed by atoms with Gasteiger partial charge in [0, 0.05) is 16.1 Å². The molecular formula is C17H11ClF4N2O2. The molecule has 1 atom stereocenters. The van der Waals surface area contributed by atoms with E-state index in [0.717, 1.165) is 24.3 Å². The second kappa shape index (κ2) is 6.37. The van der Waals surface area contributed by atoms with E-state index in [-0.39, 0.29) is 11.1 Å². The molecule has 4 nitrogen and oxygen atoms in total. The van der Waals surface area contributed by atoms with E-state index in [0.29, 0.717) is 10.0 Å². The Labute approximate surface area is 150 Å². The minimum Gasteiger partial charge on any atom is -0.365 e. The first-order chi connectivity index (χ1) is 12.1. The van der Waals surface area contributed by atoms with Crippen LogP contribution in [0.15, 0.2) is 53.6 Å². The normalized spacial score (nSPS) is 20.2. The van der Waals surface area contributed by atoms with Crippen molar-refractivity contribution >= 4 is 23.2 Å². The van der Waals surface area contributed by atoms with Crippen molar-refractivity contribution in [2.45, 2.75) is 18.3 Å². The van der Waals surface area contributed by atoms with Gasteiger partial charge in [-0.3, -0.25) is 4.79 Å². The van der Waals surface area contributed by atoms with Crippen LogP contribution in [0.1, 0.15) is 22.3 Å². The summed E-state index contributed by atoms with van der Waals surface area (Å²) in [7, 11) is 0. The Balaban J connectivity index is 2.06. The Hall–Kier alpha value is -2.45. The van der Waals surface area contributed by atoms with Crippen molar-refractivity contribution in [1.82, 2.24) is 5.01 Å². The molecule has 0 radical (unpaired) electrons. The lowest BCUT2D eigenvalue weighted by Crippen LogP contribution is -2.43. The molecule has 1 aliphatic heterocycles. The van der Waals surface area contributed by atoms with Crippen LogP contribution in [0.25, 0.3) is 0 Å². The highest BCUT2D eigenvalue weighted by Gasteiger charge is 2.53. The molecule has 0 aliphatic carbocycles. The van der Waals surface area contributed by atoms with Crippen LogP contribution in [-0.4, -0.2) is 27.9 Å². The molecule has 1 heterocycles. The number of nitrogens with zero attached hydrogens (tertiary/aromatic N) is 2. The van der Waals surface area contributed by atoms with Crippen molar-refractivity contribution in [2.75, 3.05) is 0 Å². The fraction of sp³-hybridized carbons (Fsp3) is 0.176. The van der Waals surface area contributed by atoms with Crippen molar-refractivity contribution in [3.05, 3.63) is 70.5 Å². The molecule has 0 aromatic heterocycles. The van der Waals surface area contributed by atoms with Crippen LogP contribution in [0.4, 0.5) is 17.6 Å². The van der Waals surface area contributed by atoms with Gasteiger partial charge in [-0.1, -0.05) is 23.7 Å². The Bertz CT molecular complexity index is 866. The first kappa shape index (κ1) is 18.3. The maximum absolute atomic E-state index is 13.1. The Morgan fingerprint density at radius 3 is 2.23 bits per heavy atom. The summed E-state index contributed by atoms with van der Waals surface area (Å²) in [6.45, 7) is 0. The smallest absolute Gasteiger partial charge is 0.365 e. The Kier molecular flexibility index (Phi) is 4.49. The molecule has 1 aliphatic rings. The number of halogens is 5. The maximum atomic E-state index is 13.1. The summed E-state index contributed by atoms with van der Waals surface area (Å²) in [4.78, 5) is 12.7. The second-order valence-corrected chi connectivity index (χ2v) is 6.11. The quantitative estimate of drug-likeness (QED) is 0.790. The summed E-state index contributed by atoms with van der Waals surface area (Å²) in [5.74, 6) is -1.59. The zero-order valence-corrected chi connectivity index (χ0v) is 13.7. The van der Waals surface area contributed by atoms with E-state index >= 15 is 0 Å². The number of rotatable bonds is 2. The average molecular weight is 387 g/mol. The van der Waals surface area contributed by atoms with Crippen molar-refractivity contribution in [3.63, 3.8) is 0 Å². The monoisotopic (exact) mass is 386 g/mol. The van der Waals surface area contributed by atoms with Crippen molar-refractivity contribution in [3.8, 4) is 0 Å². The lowest BCUT2D eigenvalue weighted by Gasteiger charge is -2.31. The van der Waals surface area contributed by atoms with Crippen LogP contribution in [0.3, 0.4) is 0 Å². The molecule has 0 saturated heterocycles. The van der Waals surface area contributed by atoms with E-state index in [9.17, 15) is 27.5 Å². The third kappa shape index (κ3) is 3.30. The predicted molar refractivity (Wildman–Crippen MR) is 86.0 cm³/mol. The van der Waals surface area contributed by atoms with Crippen molar-refractivity contribution in [1.29, 1.82) is 0 Å². The van der Waals surface area contributed by atoms with Crippen LogP contribution >= 0.6 is 11.6 Å². The van der Waals surface area contributed by atoms with Gasteiger partial charge in [0.2, 0.25) is 0 Å². The van der Waals surface area contributed by atoms with E-state index in [1.807, 2.05) is 0 Å². The van der Waals surface area contributed by atoms with Crippen LogP contribution in [0, 0.1) is 5.82 Å². The number of carbonyl (C=O) groups is 1. The molecule has 1 N–H and O–H groups in total. The number of carbonyl (C=O) groups excluding carboxylic acids is 1. The molecule has 3 rings (SSSR count). The van der Waals surface area contributed by atoms with Gasteiger partial charge >= 0.3 is 6.18 Å². The van der Waals surface area contributed by atoms with E-state index in [2.05, 4.69) is 5.10 Å². The summed E-state index contributed by atoms with van der Waals surface area (Å²) < 4.78 is 52.5.